The highest BCUT2D eigenvalue weighted by molar-refractivity contribution is 9.11. The maximum atomic E-state index is 10.2. The van der Waals surface area contributed by atoms with Gasteiger partial charge in [0.25, 0.3) is 0 Å². The van der Waals surface area contributed by atoms with Crippen molar-refractivity contribution in [3.63, 3.8) is 0 Å². The number of phenols is 1. The van der Waals surface area contributed by atoms with Crippen LogP contribution in [0.3, 0.4) is 0 Å². The standard InChI is InChI=1S/C16H17Br2N5OS/c1-16(2,3)13-14(23-8-19-7-21-23)25-15(22-13)20-6-9-4-10(17)5-11(18)12(9)24/h4-5,7-8,24H,6H2,1-3H3,(H,20,22). The molecule has 2 heterocycles. The molecule has 0 saturated carbocycles. The number of hydrogen-bond donors (Lipinski definition) is 2. The van der Waals surface area contributed by atoms with Gasteiger partial charge >= 0.3 is 0 Å². The maximum absolute atomic E-state index is 10.2. The number of thiazole rings is 1. The van der Waals surface area contributed by atoms with Gasteiger partial charge in [0, 0.05) is 22.0 Å². The van der Waals surface area contributed by atoms with E-state index < -0.39 is 0 Å². The quantitative estimate of drug-likeness (QED) is 0.550. The van der Waals surface area contributed by atoms with Gasteiger partial charge in [-0.1, -0.05) is 48.0 Å². The zero-order valence-corrected chi connectivity index (χ0v) is 17.9. The van der Waals surface area contributed by atoms with E-state index in [1.54, 1.807) is 11.0 Å². The summed E-state index contributed by atoms with van der Waals surface area (Å²) in [5, 5.41) is 19.4. The van der Waals surface area contributed by atoms with Gasteiger partial charge in [0.05, 0.1) is 10.2 Å². The number of nitrogens with one attached hydrogen (secondary N) is 1. The van der Waals surface area contributed by atoms with E-state index >= 15 is 0 Å². The third kappa shape index (κ3) is 4.04. The Kier molecular flexibility index (Phi) is 5.17. The molecule has 0 spiro atoms. The highest BCUT2D eigenvalue weighted by atomic mass is 79.9. The first-order valence-corrected chi connectivity index (χ1v) is 9.93. The lowest BCUT2D eigenvalue weighted by molar-refractivity contribution is 0.465. The van der Waals surface area contributed by atoms with Gasteiger partial charge in [0.1, 0.15) is 23.4 Å². The van der Waals surface area contributed by atoms with E-state index in [0.29, 0.717) is 11.0 Å². The molecule has 2 N–H and O–H groups in total. The summed E-state index contributed by atoms with van der Waals surface area (Å²) < 4.78 is 3.28. The van der Waals surface area contributed by atoms with Gasteiger partial charge in [0.2, 0.25) is 0 Å². The second-order valence-corrected chi connectivity index (χ2v) is 9.26. The molecule has 25 heavy (non-hydrogen) atoms. The summed E-state index contributed by atoms with van der Waals surface area (Å²) in [5.74, 6) is 0.222. The Morgan fingerprint density at radius 3 is 2.68 bits per heavy atom. The molecular formula is C16H17Br2N5OS. The molecule has 0 aliphatic rings. The van der Waals surface area contributed by atoms with Crippen molar-refractivity contribution < 1.29 is 5.11 Å². The van der Waals surface area contributed by atoms with E-state index in [2.05, 4.69) is 68.0 Å². The van der Waals surface area contributed by atoms with Gasteiger partial charge in [-0.3, -0.25) is 0 Å². The van der Waals surface area contributed by atoms with Crippen LogP contribution < -0.4 is 5.32 Å². The lowest BCUT2D eigenvalue weighted by Gasteiger charge is -2.16. The van der Waals surface area contributed by atoms with E-state index in [0.717, 1.165) is 25.9 Å². The number of aromatic nitrogens is 4. The van der Waals surface area contributed by atoms with E-state index in [1.807, 2.05) is 12.1 Å². The lowest BCUT2D eigenvalue weighted by Crippen LogP contribution is -2.15. The lowest BCUT2D eigenvalue weighted by atomic mass is 9.92. The molecule has 0 unspecified atom stereocenters. The van der Waals surface area contributed by atoms with Crippen LogP contribution >= 0.6 is 43.2 Å². The van der Waals surface area contributed by atoms with Crippen LogP contribution in [0.2, 0.25) is 0 Å². The summed E-state index contributed by atoms with van der Waals surface area (Å²) in [6, 6.07) is 3.69. The van der Waals surface area contributed by atoms with E-state index in [9.17, 15) is 5.11 Å². The topological polar surface area (TPSA) is 75.9 Å². The molecule has 132 valence electrons. The number of rotatable bonds is 4. The zero-order chi connectivity index (χ0) is 18.2. The molecule has 0 saturated heterocycles. The molecule has 6 nitrogen and oxygen atoms in total. The van der Waals surface area contributed by atoms with Crippen molar-refractivity contribution in [2.75, 3.05) is 5.32 Å². The van der Waals surface area contributed by atoms with Crippen molar-refractivity contribution in [3.8, 4) is 10.8 Å². The second-order valence-electron chi connectivity index (χ2n) is 6.51. The second kappa shape index (κ2) is 7.05. The molecule has 3 rings (SSSR count). The Hall–Kier alpha value is -1.45. The molecule has 9 heteroatoms. The van der Waals surface area contributed by atoms with Crippen LogP contribution in [0.5, 0.6) is 5.75 Å². The monoisotopic (exact) mass is 485 g/mol. The molecule has 0 aliphatic heterocycles. The minimum atomic E-state index is -0.126. The smallest absolute Gasteiger partial charge is 0.185 e. The first kappa shape index (κ1) is 18.3. The number of aromatic hydroxyl groups is 1. The summed E-state index contributed by atoms with van der Waals surface area (Å²) in [7, 11) is 0. The first-order valence-electron chi connectivity index (χ1n) is 7.53. The molecule has 0 amide bonds. The van der Waals surface area contributed by atoms with Crippen LogP contribution in [0.4, 0.5) is 5.13 Å². The van der Waals surface area contributed by atoms with Gasteiger partial charge in [-0.15, -0.1) is 0 Å². The average Bonchev–Trinajstić information content (AvgIpc) is 3.17. The molecule has 0 fully saturated rings. The van der Waals surface area contributed by atoms with Gasteiger partial charge in [-0.25, -0.2) is 14.6 Å². The van der Waals surface area contributed by atoms with Crippen molar-refractivity contribution in [2.45, 2.75) is 32.7 Å². The van der Waals surface area contributed by atoms with Crippen molar-refractivity contribution in [1.82, 2.24) is 19.7 Å². The fourth-order valence-corrected chi connectivity index (χ4v) is 4.68. The number of benzene rings is 1. The fourth-order valence-electron chi connectivity index (χ4n) is 2.27. The number of phenolic OH excluding ortho intramolecular Hbond substituents is 1. The molecular weight excluding hydrogens is 470 g/mol. The average molecular weight is 487 g/mol. The van der Waals surface area contributed by atoms with Gasteiger partial charge < -0.3 is 10.4 Å². The minimum absolute atomic E-state index is 0.126. The normalized spacial score (nSPS) is 11.7. The largest absolute Gasteiger partial charge is 0.506 e. The van der Waals surface area contributed by atoms with Crippen LogP contribution in [0.25, 0.3) is 5.00 Å². The number of hydrogen-bond acceptors (Lipinski definition) is 6. The van der Waals surface area contributed by atoms with Gasteiger partial charge in [0.15, 0.2) is 5.13 Å². The van der Waals surface area contributed by atoms with E-state index in [1.165, 1.54) is 17.7 Å². The number of nitrogens with zero attached hydrogens (tertiary/aromatic N) is 4. The van der Waals surface area contributed by atoms with Crippen LogP contribution in [0.1, 0.15) is 32.0 Å². The van der Waals surface area contributed by atoms with Crippen LogP contribution in [0.15, 0.2) is 33.7 Å². The number of anilines is 1. The van der Waals surface area contributed by atoms with Crippen molar-refractivity contribution in [2.24, 2.45) is 0 Å². The predicted octanol–water partition coefficient (Wildman–Crippen LogP) is 4.86. The van der Waals surface area contributed by atoms with E-state index in [4.69, 9.17) is 4.98 Å². The summed E-state index contributed by atoms with van der Waals surface area (Å²) in [6.07, 6.45) is 3.18. The van der Waals surface area contributed by atoms with Crippen molar-refractivity contribution in [1.29, 1.82) is 0 Å². The highest BCUT2D eigenvalue weighted by Gasteiger charge is 2.25. The van der Waals surface area contributed by atoms with Gasteiger partial charge in [-0.2, -0.15) is 5.10 Å². The molecule has 0 atom stereocenters. The Labute approximate surface area is 166 Å². The Bertz CT molecular complexity index is 887. The summed E-state index contributed by atoms with van der Waals surface area (Å²) in [6.45, 7) is 6.80. The molecule has 2 aromatic heterocycles. The Morgan fingerprint density at radius 2 is 2.04 bits per heavy atom. The molecule has 0 radical (unpaired) electrons. The van der Waals surface area contributed by atoms with Gasteiger partial charge in [-0.05, 0) is 28.1 Å². The van der Waals surface area contributed by atoms with Crippen LogP contribution in [0, 0.1) is 0 Å². The van der Waals surface area contributed by atoms with Crippen LogP contribution in [-0.2, 0) is 12.0 Å². The molecule has 1 aromatic carbocycles. The molecule has 0 bridgehead atoms. The Morgan fingerprint density at radius 1 is 1.28 bits per heavy atom. The molecule has 3 aromatic rings. The fraction of sp³-hybridized carbons (Fsp3) is 0.312. The maximum Gasteiger partial charge on any atom is 0.185 e. The minimum Gasteiger partial charge on any atom is -0.506 e. The summed E-state index contributed by atoms with van der Waals surface area (Å²) in [4.78, 5) is 8.76. The highest BCUT2D eigenvalue weighted by Crippen LogP contribution is 2.36. The third-order valence-electron chi connectivity index (χ3n) is 3.48. The first-order chi connectivity index (χ1) is 11.8. The predicted molar refractivity (Wildman–Crippen MR) is 107 cm³/mol. The van der Waals surface area contributed by atoms with E-state index in [-0.39, 0.29) is 11.2 Å². The Balaban J connectivity index is 1.89. The SMILES string of the molecule is CC(C)(C)c1nc(NCc2cc(Br)cc(Br)c2O)sc1-n1cncn1. The van der Waals surface area contributed by atoms with Crippen molar-refractivity contribution >= 4 is 48.3 Å². The molecule has 0 aliphatic carbocycles. The van der Waals surface area contributed by atoms with Crippen LogP contribution in [-0.4, -0.2) is 24.9 Å². The van der Waals surface area contributed by atoms with Crippen molar-refractivity contribution in [3.05, 3.63) is 45.0 Å². The number of halogens is 2. The zero-order valence-electron chi connectivity index (χ0n) is 13.9. The third-order valence-corrected chi connectivity index (χ3v) is 5.55. The summed E-state index contributed by atoms with van der Waals surface area (Å²) in [5.41, 5.74) is 1.60. The summed E-state index contributed by atoms with van der Waals surface area (Å²) >= 11 is 8.30.